The van der Waals surface area contributed by atoms with Gasteiger partial charge in [0.2, 0.25) is 0 Å². The zero-order valence-corrected chi connectivity index (χ0v) is 14.4. The predicted molar refractivity (Wildman–Crippen MR) is 80.7 cm³/mol. The van der Waals surface area contributed by atoms with Crippen molar-refractivity contribution in [3.63, 3.8) is 0 Å². The summed E-state index contributed by atoms with van der Waals surface area (Å²) >= 11 is 6.07. The van der Waals surface area contributed by atoms with E-state index in [1.165, 1.54) is 24.1 Å². The third kappa shape index (κ3) is 5.27. The van der Waals surface area contributed by atoms with Crippen LogP contribution in [0.2, 0.25) is 0 Å². The van der Waals surface area contributed by atoms with Gasteiger partial charge in [-0.25, -0.2) is 0 Å². The van der Waals surface area contributed by atoms with Crippen LogP contribution < -0.4 is 0 Å². The van der Waals surface area contributed by atoms with Gasteiger partial charge in [0, 0.05) is 35.6 Å². The molecule has 0 unspecified atom stereocenters. The third-order valence-electron chi connectivity index (χ3n) is 2.73. The topological polar surface area (TPSA) is 29.5 Å². The molecule has 0 aliphatic rings. The largest absolute Gasteiger partial charge is 0.417 e. The van der Waals surface area contributed by atoms with E-state index in [2.05, 4.69) is 31.9 Å². The van der Waals surface area contributed by atoms with Crippen LogP contribution in [-0.2, 0) is 10.9 Å². The predicted octanol–water partition coefficient (Wildman–Crippen LogP) is 3.95. The fourth-order valence-corrected chi connectivity index (χ4v) is 2.58. The summed E-state index contributed by atoms with van der Waals surface area (Å²) in [7, 11) is 1.50. The summed E-state index contributed by atoms with van der Waals surface area (Å²) in [6.45, 7) is 1.03. The van der Waals surface area contributed by atoms with E-state index >= 15 is 0 Å². The number of methoxy groups -OCH3 is 1. The number of carbonyl (C=O) groups is 1. The highest BCUT2D eigenvalue weighted by Gasteiger charge is 2.34. The van der Waals surface area contributed by atoms with Crippen LogP contribution in [0, 0.1) is 0 Å². The lowest BCUT2D eigenvalue weighted by Gasteiger charge is -2.22. The third-order valence-corrected chi connectivity index (χ3v) is 3.77. The van der Waals surface area contributed by atoms with Gasteiger partial charge in [0.1, 0.15) is 0 Å². The van der Waals surface area contributed by atoms with Crippen LogP contribution in [0.3, 0.4) is 0 Å². The van der Waals surface area contributed by atoms with Crippen LogP contribution in [-0.4, -0.2) is 42.9 Å². The molecule has 0 aliphatic carbocycles. The minimum atomic E-state index is -4.51. The maximum absolute atomic E-state index is 12.9. The monoisotopic (exact) mass is 431 g/mol. The van der Waals surface area contributed by atoms with Gasteiger partial charge in [0.15, 0.2) is 0 Å². The standard InChI is InChI=1S/C13H14Br2F3NO2/c1-21-7-6-19(5-4-14)12(20)9-2-3-11(15)10(8-9)13(16,17)18/h2-3,8H,4-7H2,1H3. The summed E-state index contributed by atoms with van der Waals surface area (Å²) < 4.78 is 43.4. The fraction of sp³-hybridized carbons (Fsp3) is 0.462. The van der Waals surface area contributed by atoms with Gasteiger partial charge in [0.25, 0.3) is 5.91 Å². The molecule has 1 aromatic carbocycles. The average Bonchev–Trinajstić information content (AvgIpc) is 2.42. The van der Waals surface area contributed by atoms with E-state index in [9.17, 15) is 18.0 Å². The lowest BCUT2D eigenvalue weighted by atomic mass is 10.1. The summed E-state index contributed by atoms with van der Waals surface area (Å²) in [6, 6.07) is 3.47. The summed E-state index contributed by atoms with van der Waals surface area (Å²) in [6.07, 6.45) is -4.51. The van der Waals surface area contributed by atoms with Crippen molar-refractivity contribution < 1.29 is 22.7 Å². The van der Waals surface area contributed by atoms with E-state index < -0.39 is 17.6 Å². The molecule has 21 heavy (non-hydrogen) atoms. The Labute approximate surface area is 137 Å². The molecule has 8 heteroatoms. The maximum atomic E-state index is 12.9. The Bertz CT molecular complexity index is 495. The van der Waals surface area contributed by atoms with Crippen LogP contribution in [0.4, 0.5) is 13.2 Å². The number of alkyl halides is 4. The Morgan fingerprint density at radius 3 is 2.52 bits per heavy atom. The zero-order chi connectivity index (χ0) is 16.0. The number of benzene rings is 1. The first-order valence-corrected chi connectivity index (χ1v) is 7.93. The molecule has 0 spiro atoms. The Balaban J connectivity index is 3.05. The van der Waals surface area contributed by atoms with Crippen LogP contribution >= 0.6 is 31.9 Å². The Hall–Kier alpha value is -0.600. The van der Waals surface area contributed by atoms with E-state index in [4.69, 9.17) is 4.74 Å². The second kappa shape index (κ2) is 8.14. The van der Waals surface area contributed by atoms with E-state index in [0.29, 0.717) is 25.0 Å². The number of halogens is 5. The molecule has 0 bridgehead atoms. The van der Waals surface area contributed by atoms with E-state index in [1.807, 2.05) is 0 Å². The molecule has 0 N–H and O–H groups in total. The molecular weight excluding hydrogens is 419 g/mol. The Morgan fingerprint density at radius 1 is 1.33 bits per heavy atom. The summed E-state index contributed by atoms with van der Waals surface area (Å²) in [4.78, 5) is 13.7. The van der Waals surface area contributed by atoms with E-state index in [0.717, 1.165) is 6.07 Å². The van der Waals surface area contributed by atoms with Gasteiger partial charge in [-0.15, -0.1) is 0 Å². The van der Waals surface area contributed by atoms with Gasteiger partial charge in [-0.1, -0.05) is 31.9 Å². The van der Waals surface area contributed by atoms with Gasteiger partial charge < -0.3 is 9.64 Å². The van der Waals surface area contributed by atoms with Crippen LogP contribution in [0.5, 0.6) is 0 Å². The minimum Gasteiger partial charge on any atom is -0.383 e. The smallest absolute Gasteiger partial charge is 0.383 e. The molecule has 0 radical (unpaired) electrons. The lowest BCUT2D eigenvalue weighted by molar-refractivity contribution is -0.138. The Morgan fingerprint density at radius 2 is 2.00 bits per heavy atom. The highest BCUT2D eigenvalue weighted by Crippen LogP contribution is 2.35. The van der Waals surface area contributed by atoms with Crippen molar-refractivity contribution in [1.82, 2.24) is 4.90 Å². The molecule has 0 saturated carbocycles. The zero-order valence-electron chi connectivity index (χ0n) is 11.2. The van der Waals surface area contributed by atoms with Crippen molar-refractivity contribution in [2.45, 2.75) is 6.18 Å². The van der Waals surface area contributed by atoms with Crippen molar-refractivity contribution in [3.05, 3.63) is 33.8 Å². The molecule has 0 atom stereocenters. The molecule has 1 amide bonds. The summed E-state index contributed by atoms with van der Waals surface area (Å²) in [5, 5.41) is 0.533. The molecule has 0 heterocycles. The SMILES string of the molecule is COCCN(CCBr)C(=O)c1ccc(Br)c(C(F)(F)F)c1. The molecule has 118 valence electrons. The van der Waals surface area contributed by atoms with Gasteiger partial charge in [-0.2, -0.15) is 13.2 Å². The van der Waals surface area contributed by atoms with Crippen LogP contribution in [0.1, 0.15) is 15.9 Å². The number of carbonyl (C=O) groups excluding carboxylic acids is 1. The second-order valence-corrected chi connectivity index (χ2v) is 5.81. The number of hydrogen-bond acceptors (Lipinski definition) is 2. The summed E-state index contributed by atoms with van der Waals surface area (Å²) in [5.74, 6) is -0.454. The van der Waals surface area contributed by atoms with E-state index in [-0.39, 0.29) is 10.0 Å². The highest BCUT2D eigenvalue weighted by atomic mass is 79.9. The van der Waals surface area contributed by atoms with E-state index in [1.54, 1.807) is 0 Å². The molecule has 1 aromatic rings. The molecule has 0 saturated heterocycles. The normalized spacial score (nSPS) is 11.5. The minimum absolute atomic E-state index is 0.00239. The first-order chi connectivity index (χ1) is 9.81. The second-order valence-electron chi connectivity index (χ2n) is 4.17. The number of hydrogen-bond donors (Lipinski definition) is 0. The first kappa shape index (κ1) is 18.4. The molecule has 1 rings (SSSR count). The first-order valence-electron chi connectivity index (χ1n) is 6.02. The van der Waals surface area contributed by atoms with Crippen molar-refractivity contribution >= 4 is 37.8 Å². The lowest BCUT2D eigenvalue weighted by Crippen LogP contribution is -2.35. The fourth-order valence-electron chi connectivity index (χ4n) is 1.68. The average molecular weight is 433 g/mol. The van der Waals surface area contributed by atoms with Gasteiger partial charge in [-0.3, -0.25) is 4.79 Å². The summed E-state index contributed by atoms with van der Waals surface area (Å²) in [5.41, 5.74) is -0.860. The Kier molecular flexibility index (Phi) is 7.15. The number of rotatable bonds is 6. The van der Waals surface area contributed by atoms with Crippen molar-refractivity contribution in [1.29, 1.82) is 0 Å². The van der Waals surface area contributed by atoms with Gasteiger partial charge in [-0.05, 0) is 18.2 Å². The molecule has 0 fully saturated rings. The van der Waals surface area contributed by atoms with Gasteiger partial charge >= 0.3 is 6.18 Å². The molecular formula is C13H14Br2F3NO2. The number of nitrogens with zero attached hydrogens (tertiary/aromatic N) is 1. The molecule has 0 aromatic heterocycles. The van der Waals surface area contributed by atoms with Gasteiger partial charge in [0.05, 0.1) is 12.2 Å². The molecule has 3 nitrogen and oxygen atoms in total. The van der Waals surface area contributed by atoms with Crippen LogP contribution in [0.25, 0.3) is 0 Å². The van der Waals surface area contributed by atoms with Crippen molar-refractivity contribution in [2.24, 2.45) is 0 Å². The maximum Gasteiger partial charge on any atom is 0.417 e. The quantitative estimate of drug-likeness (QED) is 0.637. The number of ether oxygens (including phenoxy) is 1. The van der Waals surface area contributed by atoms with Crippen LogP contribution in [0.15, 0.2) is 22.7 Å². The number of amides is 1. The molecule has 0 aliphatic heterocycles. The van der Waals surface area contributed by atoms with Crippen molar-refractivity contribution in [2.75, 3.05) is 32.1 Å². The highest BCUT2D eigenvalue weighted by molar-refractivity contribution is 9.10. The van der Waals surface area contributed by atoms with Crippen molar-refractivity contribution in [3.8, 4) is 0 Å².